The Balaban J connectivity index is 0.000000196. The lowest BCUT2D eigenvalue weighted by atomic mass is 9.87. The molecule has 2 heterocycles. The molecule has 0 bridgehead atoms. The molecule has 0 saturated carbocycles. The number of fused-ring (bicyclic) bond motifs is 6. The number of nitrogens with one attached hydrogen (secondary N) is 1. The lowest BCUT2D eigenvalue weighted by Crippen LogP contribution is -2.05. The molecule has 2 aromatic heterocycles. The smallest absolute Gasteiger partial charge is 0.136 e. The van der Waals surface area contributed by atoms with Crippen LogP contribution in [-0.4, -0.2) is 5.71 Å². The van der Waals surface area contributed by atoms with Crippen LogP contribution >= 0.6 is 0 Å². The number of hydrogen-bond donors (Lipinski definition) is 1. The third kappa shape index (κ3) is 6.48. The fraction of sp³-hybridized carbons (Fsp3) is 0.109. The molecule has 1 N–H and O–H groups in total. The second-order valence-electron chi connectivity index (χ2n) is 12.1. The Bertz CT molecular complexity index is 2470. The van der Waals surface area contributed by atoms with Gasteiger partial charge in [0.05, 0.1) is 5.71 Å². The van der Waals surface area contributed by atoms with E-state index in [9.17, 15) is 0 Å². The van der Waals surface area contributed by atoms with E-state index in [2.05, 4.69) is 110 Å². The van der Waals surface area contributed by atoms with Crippen molar-refractivity contribution < 1.29 is 8.83 Å². The Morgan fingerprint density at radius 3 is 1.84 bits per heavy atom. The largest absolute Gasteiger partial charge is 0.456 e. The molecule has 1 aliphatic carbocycles. The number of furan rings is 2. The van der Waals surface area contributed by atoms with Crippen LogP contribution in [0.5, 0.6) is 0 Å². The van der Waals surface area contributed by atoms with Crippen LogP contribution in [0.15, 0.2) is 167 Å². The molecule has 0 fully saturated rings. The van der Waals surface area contributed by atoms with Crippen LogP contribution in [0.4, 0.5) is 0 Å². The Labute approximate surface area is 287 Å². The average Bonchev–Trinajstić information content (AvgIpc) is 3.73. The highest BCUT2D eigenvalue weighted by Crippen LogP contribution is 2.33. The predicted molar refractivity (Wildman–Crippen MR) is 207 cm³/mol. The van der Waals surface area contributed by atoms with Gasteiger partial charge in [-0.3, -0.25) is 5.41 Å². The fourth-order valence-electron chi connectivity index (χ4n) is 6.52. The van der Waals surface area contributed by atoms with Gasteiger partial charge in [0, 0.05) is 38.6 Å². The molecule has 3 nitrogen and oxygen atoms in total. The minimum atomic E-state index is 0.322. The molecule has 3 heteroatoms. The molecular formula is C46H39NO2. The van der Waals surface area contributed by atoms with Gasteiger partial charge in [0.2, 0.25) is 0 Å². The number of hydrogen-bond acceptors (Lipinski definition) is 3. The van der Waals surface area contributed by atoms with Gasteiger partial charge in [-0.2, -0.15) is 0 Å². The molecule has 9 rings (SSSR count). The molecule has 0 spiro atoms. The molecule has 49 heavy (non-hydrogen) atoms. The second kappa shape index (κ2) is 14.0. The van der Waals surface area contributed by atoms with Crippen molar-refractivity contribution in [2.45, 2.75) is 33.1 Å². The Kier molecular flexibility index (Phi) is 9.08. The van der Waals surface area contributed by atoms with Gasteiger partial charge in [0.15, 0.2) is 0 Å². The molecule has 6 aromatic carbocycles. The van der Waals surface area contributed by atoms with Gasteiger partial charge in [-0.15, -0.1) is 0 Å². The topological polar surface area (TPSA) is 50.1 Å². The number of allylic oxidation sites excluding steroid dienone is 4. The summed E-state index contributed by atoms with van der Waals surface area (Å²) in [5, 5.41) is 13.7. The first-order valence-electron chi connectivity index (χ1n) is 17.0. The Hall–Kier alpha value is -5.93. The molecular weight excluding hydrogens is 599 g/mol. The highest BCUT2D eigenvalue weighted by molar-refractivity contribution is 6.14. The summed E-state index contributed by atoms with van der Waals surface area (Å²) >= 11 is 0. The van der Waals surface area contributed by atoms with Crippen LogP contribution in [0, 0.1) is 12.3 Å². The molecule has 0 saturated heterocycles. The van der Waals surface area contributed by atoms with Crippen molar-refractivity contribution >= 4 is 49.6 Å². The maximum atomic E-state index is 9.08. The van der Waals surface area contributed by atoms with E-state index >= 15 is 0 Å². The summed E-state index contributed by atoms with van der Waals surface area (Å²) in [5.41, 5.74) is 10.7. The number of benzene rings is 6. The van der Waals surface area contributed by atoms with Crippen molar-refractivity contribution in [3.05, 3.63) is 180 Å². The molecule has 1 unspecified atom stereocenters. The third-order valence-electron chi connectivity index (χ3n) is 8.96. The van der Waals surface area contributed by atoms with E-state index in [-0.39, 0.29) is 0 Å². The SMILES string of the molecule is CC.Cc1ccc2c(c1)oc1ccccc12.N=C(c1cc(-c2ccccc2)cc(C2C=CC=CC2)c1)c1ccc2c(c1)oc1ccccc12. The first kappa shape index (κ1) is 31.7. The maximum absolute atomic E-state index is 9.08. The molecule has 8 aromatic rings. The van der Waals surface area contributed by atoms with E-state index < -0.39 is 0 Å². The van der Waals surface area contributed by atoms with Gasteiger partial charge < -0.3 is 8.83 Å². The quantitative estimate of drug-likeness (QED) is 0.195. The van der Waals surface area contributed by atoms with Crippen molar-refractivity contribution in [2.24, 2.45) is 0 Å². The normalized spacial score (nSPS) is 13.7. The fourth-order valence-corrected chi connectivity index (χ4v) is 6.52. The molecule has 1 atom stereocenters. The van der Waals surface area contributed by atoms with E-state index in [4.69, 9.17) is 14.2 Å². The zero-order valence-corrected chi connectivity index (χ0v) is 28.1. The summed E-state index contributed by atoms with van der Waals surface area (Å²) in [4.78, 5) is 0. The predicted octanol–water partition coefficient (Wildman–Crippen LogP) is 13.2. The van der Waals surface area contributed by atoms with E-state index in [0.29, 0.717) is 11.6 Å². The second-order valence-corrected chi connectivity index (χ2v) is 12.1. The monoisotopic (exact) mass is 637 g/mol. The van der Waals surface area contributed by atoms with Crippen molar-refractivity contribution in [1.29, 1.82) is 5.41 Å². The third-order valence-corrected chi connectivity index (χ3v) is 8.96. The number of para-hydroxylation sites is 2. The number of aryl methyl sites for hydroxylation is 1. The summed E-state index contributed by atoms with van der Waals surface area (Å²) in [6.07, 6.45) is 9.65. The zero-order valence-electron chi connectivity index (χ0n) is 28.1. The molecule has 0 amide bonds. The summed E-state index contributed by atoms with van der Waals surface area (Å²) in [6.45, 7) is 6.08. The van der Waals surface area contributed by atoms with E-state index in [1.54, 1.807) is 0 Å². The number of rotatable bonds is 4. The Morgan fingerprint density at radius 2 is 1.16 bits per heavy atom. The minimum Gasteiger partial charge on any atom is -0.456 e. The van der Waals surface area contributed by atoms with Gasteiger partial charge in [0.25, 0.3) is 0 Å². The van der Waals surface area contributed by atoms with Crippen LogP contribution in [0.2, 0.25) is 0 Å². The van der Waals surface area contributed by atoms with Gasteiger partial charge in [0.1, 0.15) is 22.3 Å². The van der Waals surface area contributed by atoms with Crippen molar-refractivity contribution in [2.75, 3.05) is 0 Å². The van der Waals surface area contributed by atoms with E-state index in [1.165, 1.54) is 21.9 Å². The molecule has 0 radical (unpaired) electrons. The molecule has 1 aliphatic rings. The highest BCUT2D eigenvalue weighted by Gasteiger charge is 2.16. The summed E-state index contributed by atoms with van der Waals surface area (Å²) in [7, 11) is 0. The summed E-state index contributed by atoms with van der Waals surface area (Å²) in [5.74, 6) is 0.322. The standard InChI is InChI=1S/C31H23NO.C13H10O.C2H6/c32-31(23-15-16-28-27-13-7-8-14-29(27)33-30(28)20-23)26-18-24(21-9-3-1-4-10-21)17-25(19-26)22-11-5-2-6-12-22;1-9-6-7-11-10-4-2-3-5-12(10)14-13(11)8-9;1-2/h1-11,13-20,22,32H,12H2;2-8H,1H3;1-2H3. The summed E-state index contributed by atoms with van der Waals surface area (Å²) < 4.78 is 11.8. The lowest BCUT2D eigenvalue weighted by Gasteiger charge is -2.17. The molecule has 0 aliphatic heterocycles. The van der Waals surface area contributed by atoms with Crippen LogP contribution in [0.1, 0.15) is 48.4 Å². The first-order chi connectivity index (χ1) is 24.1. The van der Waals surface area contributed by atoms with E-state index in [1.807, 2.05) is 68.4 Å². The molecule has 240 valence electrons. The van der Waals surface area contributed by atoms with Crippen molar-refractivity contribution in [3.63, 3.8) is 0 Å². The van der Waals surface area contributed by atoms with Crippen LogP contribution in [0.3, 0.4) is 0 Å². The van der Waals surface area contributed by atoms with Crippen LogP contribution in [0.25, 0.3) is 55.0 Å². The van der Waals surface area contributed by atoms with Crippen LogP contribution in [-0.2, 0) is 0 Å². The van der Waals surface area contributed by atoms with Gasteiger partial charge in [-0.1, -0.05) is 129 Å². The van der Waals surface area contributed by atoms with E-state index in [0.717, 1.165) is 61.8 Å². The van der Waals surface area contributed by atoms with Gasteiger partial charge >= 0.3 is 0 Å². The maximum Gasteiger partial charge on any atom is 0.136 e. The Morgan fingerprint density at radius 1 is 0.551 bits per heavy atom. The van der Waals surface area contributed by atoms with Crippen molar-refractivity contribution in [1.82, 2.24) is 0 Å². The first-order valence-corrected chi connectivity index (χ1v) is 17.0. The average molecular weight is 638 g/mol. The minimum absolute atomic E-state index is 0.322. The lowest BCUT2D eigenvalue weighted by molar-refractivity contribution is 0.668. The summed E-state index contributed by atoms with van der Waals surface area (Å²) in [6, 6.07) is 45.6. The zero-order chi connectivity index (χ0) is 33.7. The van der Waals surface area contributed by atoms with Gasteiger partial charge in [-0.05, 0) is 78.1 Å². The van der Waals surface area contributed by atoms with Crippen molar-refractivity contribution in [3.8, 4) is 11.1 Å². The highest BCUT2D eigenvalue weighted by atomic mass is 16.3. The van der Waals surface area contributed by atoms with Gasteiger partial charge in [-0.25, -0.2) is 0 Å². The van der Waals surface area contributed by atoms with Crippen LogP contribution < -0.4 is 0 Å².